The number of hydrogen-bond acceptors (Lipinski definition) is 0. The van der Waals surface area contributed by atoms with Gasteiger partial charge in [-0.15, -0.1) is 0 Å². The van der Waals surface area contributed by atoms with Crippen LogP contribution in [0.5, 0.6) is 0 Å². The molecule has 1 fully saturated rings. The van der Waals surface area contributed by atoms with E-state index in [1.165, 1.54) is 19.3 Å². The van der Waals surface area contributed by atoms with Gasteiger partial charge in [-0.3, -0.25) is 0 Å². The highest BCUT2D eigenvalue weighted by Gasteiger charge is 2.29. The molecule has 2 atom stereocenters. The van der Waals surface area contributed by atoms with Gasteiger partial charge in [0.25, 0.3) is 0 Å². The molecule has 0 nitrogen and oxygen atoms in total. The first-order valence-electron chi connectivity index (χ1n) is 5.26. The Morgan fingerprint density at radius 1 is 1.09 bits per heavy atom. The van der Waals surface area contributed by atoms with Crippen molar-refractivity contribution < 1.29 is 0 Å². The SMILES string of the molecule is CC.CCC.CCC1CC1C. The van der Waals surface area contributed by atoms with Crippen LogP contribution in [0.2, 0.25) is 0 Å². The van der Waals surface area contributed by atoms with Crippen molar-refractivity contribution in [3.63, 3.8) is 0 Å². The molecule has 0 aliphatic heterocycles. The molecule has 11 heavy (non-hydrogen) atoms. The lowest BCUT2D eigenvalue weighted by atomic mass is 10.3. The van der Waals surface area contributed by atoms with Gasteiger partial charge in [0.2, 0.25) is 0 Å². The van der Waals surface area contributed by atoms with Crippen LogP contribution in [0.1, 0.15) is 60.8 Å². The van der Waals surface area contributed by atoms with E-state index in [4.69, 9.17) is 0 Å². The summed E-state index contributed by atoms with van der Waals surface area (Å²) in [6.07, 6.45) is 4.15. The third-order valence-corrected chi connectivity index (χ3v) is 1.80. The van der Waals surface area contributed by atoms with E-state index < -0.39 is 0 Å². The Bertz CT molecular complexity index is 55.1. The maximum absolute atomic E-state index is 2.33. The molecule has 0 heteroatoms. The quantitative estimate of drug-likeness (QED) is 0.527. The maximum Gasteiger partial charge on any atom is -0.0388 e. The molecule has 0 aromatic carbocycles. The van der Waals surface area contributed by atoms with Crippen LogP contribution < -0.4 is 0 Å². The standard InChI is InChI=1S/C6H12.C3H8.C2H6/c1-3-6-4-5(6)2;1-3-2;1-2/h5-6H,3-4H2,1-2H3;3H2,1-2H3;1-2H3. The minimum atomic E-state index is 1.06. The van der Waals surface area contributed by atoms with Gasteiger partial charge in [-0.25, -0.2) is 0 Å². The molecule has 0 N–H and O–H groups in total. The van der Waals surface area contributed by atoms with E-state index in [0.717, 1.165) is 11.8 Å². The highest BCUT2D eigenvalue weighted by atomic mass is 14.3. The Hall–Kier alpha value is 0. The second-order valence-electron chi connectivity index (χ2n) is 3.09. The van der Waals surface area contributed by atoms with Crippen molar-refractivity contribution in [1.82, 2.24) is 0 Å². The fourth-order valence-electron chi connectivity index (χ4n) is 0.968. The predicted molar refractivity (Wildman–Crippen MR) is 54.9 cm³/mol. The Kier molecular flexibility index (Phi) is 12.3. The topological polar surface area (TPSA) is 0 Å². The third kappa shape index (κ3) is 10.0. The molecule has 0 aromatic heterocycles. The molecule has 1 rings (SSSR count). The lowest BCUT2D eigenvalue weighted by Crippen LogP contribution is -1.68. The summed E-state index contributed by atoms with van der Waals surface area (Å²) in [5.41, 5.74) is 0. The molecule has 70 valence electrons. The summed E-state index contributed by atoms with van der Waals surface area (Å²) < 4.78 is 0. The van der Waals surface area contributed by atoms with Crippen molar-refractivity contribution in [3.05, 3.63) is 0 Å². The average Bonchev–Trinajstić information content (AvgIpc) is 2.72. The van der Waals surface area contributed by atoms with Crippen molar-refractivity contribution >= 4 is 0 Å². The van der Waals surface area contributed by atoms with Crippen LogP contribution in [0.15, 0.2) is 0 Å². The Morgan fingerprint density at radius 2 is 1.36 bits per heavy atom. The van der Waals surface area contributed by atoms with Crippen LogP contribution in [-0.2, 0) is 0 Å². The first kappa shape index (κ1) is 13.6. The van der Waals surface area contributed by atoms with Gasteiger partial charge in [0.1, 0.15) is 0 Å². The van der Waals surface area contributed by atoms with Crippen molar-refractivity contribution in [3.8, 4) is 0 Å². The van der Waals surface area contributed by atoms with Crippen LogP contribution in [0.3, 0.4) is 0 Å². The first-order chi connectivity index (χ1) is 5.26. The number of rotatable bonds is 1. The molecule has 2 unspecified atom stereocenters. The molecule has 0 bridgehead atoms. The van der Waals surface area contributed by atoms with Crippen molar-refractivity contribution in [2.75, 3.05) is 0 Å². The fraction of sp³-hybridized carbons (Fsp3) is 1.00. The number of hydrogen-bond donors (Lipinski definition) is 0. The molecule has 1 aliphatic rings. The van der Waals surface area contributed by atoms with Gasteiger partial charge in [0, 0.05) is 0 Å². The summed E-state index contributed by atoms with van der Waals surface area (Å²) in [5.74, 6) is 2.17. The molecule has 0 heterocycles. The maximum atomic E-state index is 2.33. The minimum absolute atomic E-state index is 1.06. The Labute approximate surface area is 73.4 Å². The second kappa shape index (κ2) is 10.0. The van der Waals surface area contributed by atoms with Crippen molar-refractivity contribution in [2.24, 2.45) is 11.8 Å². The summed E-state index contributed by atoms with van der Waals surface area (Å²) >= 11 is 0. The monoisotopic (exact) mass is 158 g/mol. The molecule has 1 saturated carbocycles. The van der Waals surface area contributed by atoms with E-state index >= 15 is 0 Å². The molecule has 1 aliphatic carbocycles. The van der Waals surface area contributed by atoms with Gasteiger partial charge in [-0.05, 0) is 18.3 Å². The van der Waals surface area contributed by atoms with Crippen LogP contribution in [-0.4, -0.2) is 0 Å². The van der Waals surface area contributed by atoms with E-state index in [1.54, 1.807) is 0 Å². The zero-order valence-corrected chi connectivity index (χ0v) is 9.28. The van der Waals surface area contributed by atoms with E-state index in [2.05, 4.69) is 27.7 Å². The zero-order valence-electron chi connectivity index (χ0n) is 9.28. The predicted octanol–water partition coefficient (Wildman–Crippen LogP) is 4.49. The van der Waals surface area contributed by atoms with Crippen molar-refractivity contribution in [1.29, 1.82) is 0 Å². The van der Waals surface area contributed by atoms with E-state index in [-0.39, 0.29) is 0 Å². The summed E-state index contributed by atoms with van der Waals surface area (Å²) in [5, 5.41) is 0. The first-order valence-corrected chi connectivity index (χ1v) is 5.26. The smallest absolute Gasteiger partial charge is 0.0388 e. The zero-order chi connectivity index (χ0) is 9.28. The van der Waals surface area contributed by atoms with Crippen LogP contribution in [0.4, 0.5) is 0 Å². The van der Waals surface area contributed by atoms with Gasteiger partial charge in [0.15, 0.2) is 0 Å². The lowest BCUT2D eigenvalue weighted by Gasteiger charge is -1.79. The average molecular weight is 158 g/mol. The van der Waals surface area contributed by atoms with Gasteiger partial charge in [-0.2, -0.15) is 0 Å². The lowest BCUT2D eigenvalue weighted by molar-refractivity contribution is 0.724. The molecule has 0 radical (unpaired) electrons. The van der Waals surface area contributed by atoms with Gasteiger partial charge >= 0.3 is 0 Å². The normalized spacial score (nSPS) is 25.6. The van der Waals surface area contributed by atoms with E-state index in [9.17, 15) is 0 Å². The van der Waals surface area contributed by atoms with Gasteiger partial charge in [0.05, 0.1) is 0 Å². The summed E-state index contributed by atoms with van der Waals surface area (Å²) in [7, 11) is 0. The molecule has 0 aromatic rings. The molecule has 0 amide bonds. The molecule has 0 saturated heterocycles. The third-order valence-electron chi connectivity index (χ3n) is 1.80. The molecular weight excluding hydrogens is 132 g/mol. The largest absolute Gasteiger partial charge is 0.0683 e. The Balaban J connectivity index is 0. The van der Waals surface area contributed by atoms with E-state index in [1.807, 2.05) is 13.8 Å². The summed E-state index contributed by atoms with van der Waals surface area (Å²) in [6, 6.07) is 0. The summed E-state index contributed by atoms with van der Waals surface area (Å²) in [6.45, 7) is 12.8. The van der Waals surface area contributed by atoms with Crippen LogP contribution >= 0.6 is 0 Å². The van der Waals surface area contributed by atoms with E-state index in [0.29, 0.717) is 0 Å². The second-order valence-corrected chi connectivity index (χ2v) is 3.09. The minimum Gasteiger partial charge on any atom is -0.0683 e. The molecule has 0 spiro atoms. The van der Waals surface area contributed by atoms with Gasteiger partial charge < -0.3 is 0 Å². The Morgan fingerprint density at radius 3 is 1.36 bits per heavy atom. The van der Waals surface area contributed by atoms with Crippen molar-refractivity contribution in [2.45, 2.75) is 60.8 Å². The fourth-order valence-corrected chi connectivity index (χ4v) is 0.968. The highest BCUT2D eigenvalue weighted by Crippen LogP contribution is 2.39. The highest BCUT2D eigenvalue weighted by molar-refractivity contribution is 4.80. The van der Waals surface area contributed by atoms with Crippen LogP contribution in [0.25, 0.3) is 0 Å². The molecular formula is C11H26. The van der Waals surface area contributed by atoms with Crippen LogP contribution in [0, 0.1) is 11.8 Å². The van der Waals surface area contributed by atoms with Gasteiger partial charge in [-0.1, -0.05) is 54.4 Å². The summed E-state index contributed by atoms with van der Waals surface area (Å²) in [4.78, 5) is 0.